The number of hydrogen-bond acceptors (Lipinski definition) is 3. The highest BCUT2D eigenvalue weighted by Gasteiger charge is 2.35. The van der Waals surface area contributed by atoms with E-state index in [1.165, 1.54) is 18.7 Å². The molecule has 0 unspecified atom stereocenters. The second-order valence-corrected chi connectivity index (χ2v) is 5.61. The Hall–Kier alpha value is -0.900. The van der Waals surface area contributed by atoms with Gasteiger partial charge in [-0.1, -0.05) is 30.3 Å². The van der Waals surface area contributed by atoms with Gasteiger partial charge in [-0.15, -0.1) is 0 Å². The van der Waals surface area contributed by atoms with Crippen LogP contribution >= 0.6 is 0 Å². The molecule has 0 amide bonds. The zero-order chi connectivity index (χ0) is 12.4. The summed E-state index contributed by atoms with van der Waals surface area (Å²) in [5.41, 5.74) is 1.40. The van der Waals surface area contributed by atoms with Crippen LogP contribution in [0.5, 0.6) is 0 Å². The standard InChI is InChI=1S/C15H22N2O/c1-16-7-8-18-15-12-17(11-14(15)10-16)9-13-5-3-2-4-6-13/h2-6,14-15H,7-12H2,1H3/t14-,15+/m0/s1. The third kappa shape index (κ3) is 2.74. The van der Waals surface area contributed by atoms with Gasteiger partial charge < -0.3 is 9.64 Å². The number of rotatable bonds is 2. The van der Waals surface area contributed by atoms with Crippen LogP contribution in [0, 0.1) is 5.92 Å². The minimum absolute atomic E-state index is 0.443. The van der Waals surface area contributed by atoms with Crippen molar-refractivity contribution in [1.29, 1.82) is 0 Å². The van der Waals surface area contributed by atoms with Gasteiger partial charge >= 0.3 is 0 Å². The molecule has 3 rings (SSSR count). The van der Waals surface area contributed by atoms with E-state index in [0.29, 0.717) is 12.0 Å². The molecular formula is C15H22N2O. The molecule has 0 radical (unpaired) electrons. The number of benzene rings is 1. The molecular weight excluding hydrogens is 224 g/mol. The molecule has 18 heavy (non-hydrogen) atoms. The first-order valence-electron chi connectivity index (χ1n) is 6.88. The Labute approximate surface area is 109 Å². The lowest BCUT2D eigenvalue weighted by atomic mass is 10.1. The molecule has 0 aliphatic carbocycles. The van der Waals surface area contributed by atoms with Gasteiger partial charge in [0.15, 0.2) is 0 Å². The molecule has 3 heteroatoms. The van der Waals surface area contributed by atoms with Gasteiger partial charge in [0.25, 0.3) is 0 Å². The Bertz CT molecular complexity index is 381. The van der Waals surface area contributed by atoms with Crippen LogP contribution in [0.4, 0.5) is 0 Å². The van der Waals surface area contributed by atoms with E-state index in [0.717, 1.165) is 26.2 Å². The molecule has 0 bridgehead atoms. The lowest BCUT2D eigenvalue weighted by Crippen LogP contribution is -2.29. The van der Waals surface area contributed by atoms with Gasteiger partial charge in [-0.2, -0.15) is 0 Å². The van der Waals surface area contributed by atoms with E-state index in [-0.39, 0.29) is 0 Å². The van der Waals surface area contributed by atoms with Crippen LogP contribution in [0.3, 0.4) is 0 Å². The van der Waals surface area contributed by atoms with Crippen molar-refractivity contribution in [3.05, 3.63) is 35.9 Å². The van der Waals surface area contributed by atoms with Crippen molar-refractivity contribution in [2.75, 3.05) is 39.8 Å². The summed E-state index contributed by atoms with van der Waals surface area (Å²) in [7, 11) is 2.20. The third-order valence-corrected chi connectivity index (χ3v) is 4.06. The van der Waals surface area contributed by atoms with E-state index in [1.807, 2.05) is 0 Å². The van der Waals surface area contributed by atoms with Crippen LogP contribution in [0.15, 0.2) is 30.3 Å². The zero-order valence-electron chi connectivity index (χ0n) is 11.1. The molecule has 98 valence electrons. The molecule has 2 aliphatic rings. The van der Waals surface area contributed by atoms with Crippen molar-refractivity contribution >= 4 is 0 Å². The molecule has 3 nitrogen and oxygen atoms in total. The quantitative estimate of drug-likeness (QED) is 0.785. The van der Waals surface area contributed by atoms with Gasteiger partial charge in [-0.3, -0.25) is 4.90 Å². The van der Waals surface area contributed by atoms with Crippen LogP contribution in [0.25, 0.3) is 0 Å². The first-order valence-corrected chi connectivity index (χ1v) is 6.88. The summed E-state index contributed by atoms with van der Waals surface area (Å²) in [6, 6.07) is 10.7. The van der Waals surface area contributed by atoms with Crippen LogP contribution in [0.2, 0.25) is 0 Å². The van der Waals surface area contributed by atoms with Crippen LogP contribution in [0.1, 0.15) is 5.56 Å². The molecule has 1 aromatic carbocycles. The fourth-order valence-electron chi connectivity index (χ4n) is 3.11. The molecule has 2 fully saturated rings. The van der Waals surface area contributed by atoms with E-state index in [2.05, 4.69) is 47.2 Å². The van der Waals surface area contributed by atoms with Gasteiger partial charge in [0.1, 0.15) is 0 Å². The van der Waals surface area contributed by atoms with Gasteiger partial charge in [0.2, 0.25) is 0 Å². The molecule has 1 aromatic rings. The summed E-state index contributed by atoms with van der Waals surface area (Å²) in [5.74, 6) is 0.682. The summed E-state index contributed by atoms with van der Waals surface area (Å²) in [4.78, 5) is 4.93. The predicted molar refractivity (Wildman–Crippen MR) is 72.4 cm³/mol. The highest BCUT2D eigenvalue weighted by molar-refractivity contribution is 5.14. The number of nitrogens with zero attached hydrogens (tertiary/aromatic N) is 2. The molecule has 2 saturated heterocycles. The maximum Gasteiger partial charge on any atom is 0.0755 e. The van der Waals surface area contributed by atoms with E-state index in [9.17, 15) is 0 Å². The zero-order valence-corrected chi connectivity index (χ0v) is 11.1. The number of ether oxygens (including phenoxy) is 1. The summed E-state index contributed by atoms with van der Waals surface area (Å²) >= 11 is 0. The van der Waals surface area contributed by atoms with Crippen LogP contribution in [-0.4, -0.2) is 55.7 Å². The van der Waals surface area contributed by atoms with Crippen LogP contribution in [-0.2, 0) is 11.3 Å². The minimum Gasteiger partial charge on any atom is -0.375 e. The van der Waals surface area contributed by atoms with Crippen molar-refractivity contribution in [2.45, 2.75) is 12.6 Å². The Morgan fingerprint density at radius 3 is 2.83 bits per heavy atom. The van der Waals surface area contributed by atoms with Crippen molar-refractivity contribution in [3.8, 4) is 0 Å². The number of hydrogen-bond donors (Lipinski definition) is 0. The second kappa shape index (κ2) is 5.39. The maximum atomic E-state index is 5.98. The van der Waals surface area contributed by atoms with E-state index >= 15 is 0 Å². The van der Waals surface area contributed by atoms with Gasteiger partial charge in [-0.25, -0.2) is 0 Å². The van der Waals surface area contributed by atoms with Crippen molar-refractivity contribution in [3.63, 3.8) is 0 Å². The Kier molecular flexibility index (Phi) is 3.64. The first-order chi connectivity index (χ1) is 8.81. The fraction of sp³-hybridized carbons (Fsp3) is 0.600. The Morgan fingerprint density at radius 1 is 1.17 bits per heavy atom. The predicted octanol–water partition coefficient (Wildman–Crippen LogP) is 1.45. The number of likely N-dealkylation sites (tertiary alicyclic amines) is 1. The van der Waals surface area contributed by atoms with E-state index < -0.39 is 0 Å². The number of fused-ring (bicyclic) bond motifs is 1. The molecule has 2 aliphatic heterocycles. The number of likely N-dealkylation sites (N-methyl/N-ethyl adjacent to an activating group) is 1. The molecule has 0 spiro atoms. The average Bonchev–Trinajstić information content (AvgIpc) is 2.64. The van der Waals surface area contributed by atoms with Crippen LogP contribution < -0.4 is 0 Å². The van der Waals surface area contributed by atoms with Gasteiger partial charge in [0, 0.05) is 38.6 Å². The monoisotopic (exact) mass is 246 g/mol. The lowest BCUT2D eigenvalue weighted by molar-refractivity contribution is 0.0514. The second-order valence-electron chi connectivity index (χ2n) is 5.61. The third-order valence-electron chi connectivity index (χ3n) is 4.06. The van der Waals surface area contributed by atoms with Crippen molar-refractivity contribution < 1.29 is 4.74 Å². The summed E-state index contributed by atoms with van der Waals surface area (Å²) in [6.45, 7) is 6.46. The first kappa shape index (κ1) is 12.2. The lowest BCUT2D eigenvalue weighted by Gasteiger charge is -2.19. The smallest absolute Gasteiger partial charge is 0.0755 e. The largest absolute Gasteiger partial charge is 0.375 e. The highest BCUT2D eigenvalue weighted by Crippen LogP contribution is 2.24. The summed E-state index contributed by atoms with van der Waals surface area (Å²) in [5, 5.41) is 0. The maximum absolute atomic E-state index is 5.98. The highest BCUT2D eigenvalue weighted by atomic mass is 16.5. The fourth-order valence-corrected chi connectivity index (χ4v) is 3.11. The topological polar surface area (TPSA) is 15.7 Å². The molecule has 0 saturated carbocycles. The normalized spacial score (nSPS) is 30.1. The van der Waals surface area contributed by atoms with E-state index in [4.69, 9.17) is 4.74 Å². The average molecular weight is 246 g/mol. The molecule has 2 heterocycles. The Morgan fingerprint density at radius 2 is 2.00 bits per heavy atom. The summed E-state index contributed by atoms with van der Waals surface area (Å²) in [6.07, 6.45) is 0.443. The molecule has 0 aromatic heterocycles. The Balaban J connectivity index is 1.61. The van der Waals surface area contributed by atoms with Gasteiger partial charge in [-0.05, 0) is 12.6 Å². The SMILES string of the molecule is CN1CCO[C@@H]2CN(Cc3ccccc3)C[C@@H]2C1. The van der Waals surface area contributed by atoms with Crippen molar-refractivity contribution in [2.24, 2.45) is 5.92 Å². The molecule has 2 atom stereocenters. The minimum atomic E-state index is 0.443. The van der Waals surface area contributed by atoms with Gasteiger partial charge in [0.05, 0.1) is 12.7 Å². The molecule has 0 N–H and O–H groups in total. The van der Waals surface area contributed by atoms with E-state index in [1.54, 1.807) is 0 Å². The van der Waals surface area contributed by atoms with Crippen molar-refractivity contribution in [1.82, 2.24) is 9.80 Å². The summed E-state index contributed by atoms with van der Waals surface area (Å²) < 4.78 is 5.98.